The van der Waals surface area contributed by atoms with Crippen LogP contribution >= 0.6 is 11.6 Å². The zero-order valence-corrected chi connectivity index (χ0v) is 11.3. The Morgan fingerprint density at radius 1 is 1.50 bits per heavy atom. The van der Waals surface area contributed by atoms with Crippen LogP contribution < -0.4 is 0 Å². The first kappa shape index (κ1) is 15.5. The monoisotopic (exact) mass is 246 g/mol. The Morgan fingerprint density at radius 3 is 2.38 bits per heavy atom. The second-order valence-corrected chi connectivity index (χ2v) is 5.30. The lowest BCUT2D eigenvalue weighted by Crippen LogP contribution is -1.85. The van der Waals surface area contributed by atoms with Crippen molar-refractivity contribution < 1.29 is 9.90 Å². The van der Waals surface area contributed by atoms with Crippen molar-refractivity contribution in [2.45, 2.75) is 52.9 Å². The van der Waals surface area contributed by atoms with Gasteiger partial charge in [0, 0.05) is 11.6 Å². The number of unbranched alkanes of at least 4 members (excludes halogenated alkanes) is 3. The molecule has 0 spiro atoms. The number of halogens is 1. The first-order valence-corrected chi connectivity index (χ1v) is 6.33. The molecular formula is C13H23ClO2. The third-order valence-electron chi connectivity index (χ3n) is 2.93. The van der Waals surface area contributed by atoms with Crippen LogP contribution in [0.4, 0.5) is 4.79 Å². The zero-order valence-electron chi connectivity index (χ0n) is 10.5. The van der Waals surface area contributed by atoms with Crippen molar-refractivity contribution in [2.75, 3.05) is 0 Å². The molecule has 0 aromatic rings. The van der Waals surface area contributed by atoms with Gasteiger partial charge in [-0.3, -0.25) is 0 Å². The van der Waals surface area contributed by atoms with Crippen LogP contribution in [0.1, 0.15) is 52.9 Å². The Balaban J connectivity index is 0.000000487. The van der Waals surface area contributed by atoms with E-state index in [2.05, 4.69) is 44.5 Å². The van der Waals surface area contributed by atoms with Crippen LogP contribution in [0.25, 0.3) is 0 Å². The predicted octanol–water partition coefficient (Wildman–Crippen LogP) is 5.07. The minimum Gasteiger partial charge on any atom is -0.469 e. The summed E-state index contributed by atoms with van der Waals surface area (Å²) in [4.78, 5) is 8.77. The average molecular weight is 247 g/mol. The van der Waals surface area contributed by atoms with E-state index in [0.717, 1.165) is 5.92 Å². The Bertz CT molecular complexity index is 230. The van der Waals surface area contributed by atoms with Crippen LogP contribution in [0.3, 0.4) is 0 Å². The maximum atomic E-state index is 8.77. The maximum Gasteiger partial charge on any atom is 0.401 e. The molecule has 1 fully saturated rings. The number of hydrogen-bond acceptors (Lipinski definition) is 1. The van der Waals surface area contributed by atoms with Crippen molar-refractivity contribution in [3.8, 4) is 0 Å². The Hall–Kier alpha value is -0.500. The third-order valence-corrected chi connectivity index (χ3v) is 2.93. The molecule has 1 aliphatic carbocycles. The molecule has 0 amide bonds. The van der Waals surface area contributed by atoms with E-state index in [4.69, 9.17) is 9.90 Å². The summed E-state index contributed by atoms with van der Waals surface area (Å²) in [6.07, 6.45) is 11.6. The van der Waals surface area contributed by atoms with Gasteiger partial charge in [0.1, 0.15) is 0 Å². The van der Waals surface area contributed by atoms with E-state index in [1.807, 2.05) is 0 Å². The average Bonchev–Trinajstić information content (AvgIpc) is 2.73. The molecule has 3 heteroatoms. The van der Waals surface area contributed by atoms with Gasteiger partial charge in [0.05, 0.1) is 0 Å². The van der Waals surface area contributed by atoms with Crippen molar-refractivity contribution >= 4 is 17.0 Å². The summed E-state index contributed by atoms with van der Waals surface area (Å²) >= 11 is 4.19. The van der Waals surface area contributed by atoms with Gasteiger partial charge in [-0.25, -0.2) is 4.79 Å². The van der Waals surface area contributed by atoms with Crippen molar-refractivity contribution in [3.63, 3.8) is 0 Å². The first-order valence-electron chi connectivity index (χ1n) is 5.95. The fourth-order valence-corrected chi connectivity index (χ4v) is 1.61. The molecule has 1 rings (SSSR count). The molecule has 1 saturated carbocycles. The second kappa shape index (κ2) is 7.72. The SMILES string of the molecule is CCCCCC=CC1CC1(C)C.O=C(O)Cl. The van der Waals surface area contributed by atoms with Crippen LogP contribution in [0, 0.1) is 11.3 Å². The maximum absolute atomic E-state index is 8.77. The molecule has 0 bridgehead atoms. The molecule has 1 aliphatic rings. The molecular weight excluding hydrogens is 224 g/mol. The standard InChI is InChI=1S/C12H22.CHClO2/c1-4-5-6-7-8-9-11-10-12(11,2)3;2-1(3)4/h8-9,11H,4-7,10H2,1-3H3;(H,3,4). The minimum atomic E-state index is -1.36. The van der Waals surface area contributed by atoms with E-state index in [0.29, 0.717) is 5.41 Å². The normalized spacial score (nSPS) is 21.4. The number of allylic oxidation sites excluding steroid dienone is 2. The van der Waals surface area contributed by atoms with Crippen LogP contribution in [-0.4, -0.2) is 10.5 Å². The lowest BCUT2D eigenvalue weighted by Gasteiger charge is -1.96. The Labute approximate surface area is 104 Å². The highest BCUT2D eigenvalue weighted by Crippen LogP contribution is 2.52. The smallest absolute Gasteiger partial charge is 0.401 e. The van der Waals surface area contributed by atoms with Crippen molar-refractivity contribution in [1.82, 2.24) is 0 Å². The van der Waals surface area contributed by atoms with E-state index < -0.39 is 5.43 Å². The quantitative estimate of drug-likeness (QED) is 0.418. The van der Waals surface area contributed by atoms with Gasteiger partial charge in [-0.1, -0.05) is 45.8 Å². The third kappa shape index (κ3) is 8.78. The zero-order chi connectivity index (χ0) is 12.6. The molecule has 0 heterocycles. The summed E-state index contributed by atoms with van der Waals surface area (Å²) in [5, 5.41) is 7.18. The molecule has 2 nitrogen and oxygen atoms in total. The van der Waals surface area contributed by atoms with Crippen molar-refractivity contribution in [1.29, 1.82) is 0 Å². The number of rotatable bonds is 5. The largest absolute Gasteiger partial charge is 0.469 e. The van der Waals surface area contributed by atoms with Gasteiger partial charge in [0.2, 0.25) is 0 Å². The van der Waals surface area contributed by atoms with E-state index in [1.54, 1.807) is 0 Å². The summed E-state index contributed by atoms with van der Waals surface area (Å²) in [5.74, 6) is 0.888. The van der Waals surface area contributed by atoms with E-state index >= 15 is 0 Å². The summed E-state index contributed by atoms with van der Waals surface area (Å²) < 4.78 is 0. The highest BCUT2D eigenvalue weighted by Gasteiger charge is 2.43. The summed E-state index contributed by atoms with van der Waals surface area (Å²) in [6.45, 7) is 6.97. The molecule has 0 aromatic heterocycles. The topological polar surface area (TPSA) is 37.3 Å². The van der Waals surface area contributed by atoms with Crippen molar-refractivity contribution in [2.24, 2.45) is 11.3 Å². The summed E-state index contributed by atoms with van der Waals surface area (Å²) in [6, 6.07) is 0. The number of carboxylic acid groups (broad SMARTS) is 1. The van der Waals surface area contributed by atoms with Crippen molar-refractivity contribution in [3.05, 3.63) is 12.2 Å². The van der Waals surface area contributed by atoms with Crippen LogP contribution in [0.15, 0.2) is 12.2 Å². The van der Waals surface area contributed by atoms with Crippen LogP contribution in [0.5, 0.6) is 0 Å². The van der Waals surface area contributed by atoms with E-state index in [9.17, 15) is 0 Å². The fourth-order valence-electron chi connectivity index (χ4n) is 1.61. The predicted molar refractivity (Wildman–Crippen MR) is 69.0 cm³/mol. The highest BCUT2D eigenvalue weighted by molar-refractivity contribution is 6.60. The highest BCUT2D eigenvalue weighted by atomic mass is 35.5. The van der Waals surface area contributed by atoms with Gasteiger partial charge >= 0.3 is 5.43 Å². The first-order chi connectivity index (χ1) is 7.40. The Kier molecular flexibility index (Phi) is 7.48. The van der Waals surface area contributed by atoms with Crippen LogP contribution in [0.2, 0.25) is 0 Å². The molecule has 16 heavy (non-hydrogen) atoms. The van der Waals surface area contributed by atoms with Gasteiger partial charge in [-0.2, -0.15) is 0 Å². The lowest BCUT2D eigenvalue weighted by molar-refractivity contribution is 0.220. The summed E-state index contributed by atoms with van der Waals surface area (Å²) in [5.41, 5.74) is -0.735. The summed E-state index contributed by atoms with van der Waals surface area (Å²) in [7, 11) is 0. The minimum absolute atomic E-state index is 0.626. The molecule has 0 aliphatic heterocycles. The molecule has 0 saturated heterocycles. The van der Waals surface area contributed by atoms with Gasteiger partial charge in [0.25, 0.3) is 0 Å². The van der Waals surface area contributed by atoms with Gasteiger partial charge < -0.3 is 5.11 Å². The molecule has 0 radical (unpaired) electrons. The van der Waals surface area contributed by atoms with Gasteiger partial charge in [-0.15, -0.1) is 0 Å². The molecule has 1 unspecified atom stereocenters. The molecule has 94 valence electrons. The Morgan fingerprint density at radius 2 is 2.00 bits per heavy atom. The van der Waals surface area contributed by atoms with Crippen LogP contribution in [-0.2, 0) is 0 Å². The molecule has 1 atom stereocenters. The second-order valence-electron chi connectivity index (χ2n) is 4.98. The fraction of sp³-hybridized carbons (Fsp3) is 0.769. The van der Waals surface area contributed by atoms with E-state index in [-0.39, 0.29) is 0 Å². The van der Waals surface area contributed by atoms with Gasteiger partial charge in [0.15, 0.2) is 0 Å². The number of hydrogen-bond donors (Lipinski definition) is 1. The molecule has 0 aromatic carbocycles. The molecule has 1 N–H and O–H groups in total. The lowest BCUT2D eigenvalue weighted by atomic mass is 10.1. The van der Waals surface area contributed by atoms with Gasteiger partial charge in [-0.05, 0) is 30.6 Å². The number of carbonyl (C=O) groups is 1. The van der Waals surface area contributed by atoms with E-state index in [1.165, 1.54) is 32.1 Å².